The molecule has 0 aliphatic heterocycles. The summed E-state index contributed by atoms with van der Waals surface area (Å²) in [6.07, 6.45) is 1.71. The van der Waals surface area contributed by atoms with Crippen LogP contribution in [0.15, 0.2) is 30.5 Å². The van der Waals surface area contributed by atoms with Crippen LogP contribution in [0.2, 0.25) is 0 Å². The number of para-hydroxylation sites is 1. The minimum atomic E-state index is -1.45. The third-order valence-corrected chi connectivity index (χ3v) is 5.77. The molecule has 198 valence electrons. The smallest absolute Gasteiger partial charge is 0.326 e. The van der Waals surface area contributed by atoms with E-state index in [0.717, 1.165) is 10.9 Å². The minimum absolute atomic E-state index is 0.0161. The zero-order valence-corrected chi connectivity index (χ0v) is 20.5. The van der Waals surface area contributed by atoms with Crippen LogP contribution >= 0.6 is 0 Å². The molecule has 0 bridgehead atoms. The maximum absolute atomic E-state index is 13.0. The lowest BCUT2D eigenvalue weighted by Crippen LogP contribution is -2.59. The van der Waals surface area contributed by atoms with E-state index in [9.17, 15) is 29.4 Å². The number of aromatic nitrogens is 1. The predicted octanol–water partition coefficient (Wildman–Crippen LogP) is -0.894. The van der Waals surface area contributed by atoms with E-state index in [1.165, 1.54) is 13.8 Å². The van der Waals surface area contributed by atoms with Crippen LogP contribution in [0.25, 0.3) is 10.9 Å². The predicted molar refractivity (Wildman–Crippen MR) is 134 cm³/mol. The summed E-state index contributed by atoms with van der Waals surface area (Å²) in [4.78, 5) is 52.9. The Labute approximate surface area is 209 Å². The van der Waals surface area contributed by atoms with E-state index in [4.69, 9.17) is 11.5 Å². The highest BCUT2D eigenvalue weighted by atomic mass is 16.4. The van der Waals surface area contributed by atoms with Gasteiger partial charge in [0, 0.05) is 23.5 Å². The van der Waals surface area contributed by atoms with Crippen molar-refractivity contribution in [2.75, 3.05) is 6.54 Å². The molecule has 1 heterocycles. The molecule has 36 heavy (non-hydrogen) atoms. The fraction of sp³-hybridized carbons (Fsp3) is 0.500. The van der Waals surface area contributed by atoms with Crippen LogP contribution in [0.3, 0.4) is 0 Å². The molecule has 10 N–H and O–H groups in total. The maximum atomic E-state index is 13.0. The van der Waals surface area contributed by atoms with Crippen molar-refractivity contribution in [3.8, 4) is 0 Å². The molecule has 12 nitrogen and oxygen atoms in total. The van der Waals surface area contributed by atoms with Crippen LogP contribution < -0.4 is 27.4 Å². The van der Waals surface area contributed by atoms with Gasteiger partial charge < -0.3 is 42.6 Å². The first-order valence-corrected chi connectivity index (χ1v) is 11.9. The molecule has 3 amide bonds. The number of aliphatic hydroxyl groups excluding tert-OH is 1. The van der Waals surface area contributed by atoms with Crippen LogP contribution in [0.5, 0.6) is 0 Å². The largest absolute Gasteiger partial charge is 0.480 e. The Morgan fingerprint density at radius 1 is 0.972 bits per heavy atom. The Hall–Kier alpha value is -3.48. The molecular formula is C24H36N6O6. The monoisotopic (exact) mass is 504 g/mol. The van der Waals surface area contributed by atoms with Crippen molar-refractivity contribution >= 4 is 34.6 Å². The van der Waals surface area contributed by atoms with Gasteiger partial charge in [-0.25, -0.2) is 4.79 Å². The van der Waals surface area contributed by atoms with E-state index < -0.39 is 54.0 Å². The molecule has 2 rings (SSSR count). The number of hydrogen-bond acceptors (Lipinski definition) is 7. The lowest BCUT2D eigenvalue weighted by Gasteiger charge is -2.26. The number of fused-ring (bicyclic) bond motifs is 1. The Balaban J connectivity index is 2.14. The number of unbranched alkanes of at least 4 members (excludes halogenated alkanes) is 1. The van der Waals surface area contributed by atoms with Crippen molar-refractivity contribution in [2.24, 2.45) is 11.5 Å². The number of H-pyrrole nitrogens is 1. The summed E-state index contributed by atoms with van der Waals surface area (Å²) >= 11 is 0. The molecule has 5 atom stereocenters. The van der Waals surface area contributed by atoms with Crippen molar-refractivity contribution in [2.45, 2.75) is 69.8 Å². The molecule has 0 radical (unpaired) electrons. The van der Waals surface area contributed by atoms with Crippen molar-refractivity contribution in [1.29, 1.82) is 0 Å². The van der Waals surface area contributed by atoms with E-state index in [-0.39, 0.29) is 12.8 Å². The highest BCUT2D eigenvalue weighted by Crippen LogP contribution is 2.19. The summed E-state index contributed by atoms with van der Waals surface area (Å²) in [6.45, 7) is 3.17. The first-order valence-electron chi connectivity index (χ1n) is 11.9. The third-order valence-electron chi connectivity index (χ3n) is 5.77. The fourth-order valence-electron chi connectivity index (χ4n) is 3.71. The van der Waals surface area contributed by atoms with Crippen molar-refractivity contribution in [1.82, 2.24) is 20.9 Å². The molecule has 0 spiro atoms. The highest BCUT2D eigenvalue weighted by Gasteiger charge is 2.32. The standard InChI is InChI=1S/C24H36N6O6/c1-13(26)21(32)28-18(9-5-6-10-25)22(33)30-20(14(2)31)23(34)29-19(24(35)36)11-15-12-27-17-8-4-3-7-16(15)17/h3-4,7-8,12-14,18-20,27,31H,5-6,9-11,25-26H2,1-2H3,(H,28,32)(H,29,34)(H,30,33)(H,35,36). The zero-order chi connectivity index (χ0) is 26.8. The average molecular weight is 505 g/mol. The second-order valence-corrected chi connectivity index (χ2v) is 8.82. The molecule has 2 aromatic rings. The number of carbonyl (C=O) groups excluding carboxylic acids is 3. The number of aliphatic carboxylic acids is 1. The molecule has 1 aromatic carbocycles. The number of carboxylic acid groups (broad SMARTS) is 1. The molecular weight excluding hydrogens is 468 g/mol. The molecule has 0 saturated carbocycles. The van der Waals surface area contributed by atoms with Gasteiger partial charge in [-0.15, -0.1) is 0 Å². The van der Waals surface area contributed by atoms with Crippen LogP contribution in [0.1, 0.15) is 38.7 Å². The lowest BCUT2D eigenvalue weighted by molar-refractivity contribution is -0.143. The van der Waals surface area contributed by atoms with Crippen LogP contribution in [0.4, 0.5) is 0 Å². The lowest BCUT2D eigenvalue weighted by atomic mass is 10.0. The number of carbonyl (C=O) groups is 4. The third kappa shape index (κ3) is 8.04. The van der Waals surface area contributed by atoms with Crippen LogP contribution in [-0.2, 0) is 25.6 Å². The SMILES string of the molecule is CC(N)C(=O)NC(CCCCN)C(=O)NC(C(=O)NC(Cc1c[nH]c2ccccc12)C(=O)O)C(C)O. The van der Waals surface area contributed by atoms with Crippen LogP contribution in [0, 0.1) is 0 Å². The molecule has 1 aromatic heterocycles. The molecule has 0 aliphatic carbocycles. The normalized spacial score (nSPS) is 15.4. The van der Waals surface area contributed by atoms with Crippen molar-refractivity contribution in [3.05, 3.63) is 36.0 Å². The fourth-order valence-corrected chi connectivity index (χ4v) is 3.71. The average Bonchev–Trinajstić information content (AvgIpc) is 3.23. The maximum Gasteiger partial charge on any atom is 0.326 e. The minimum Gasteiger partial charge on any atom is -0.480 e. The Kier molecular flexibility index (Phi) is 10.8. The first kappa shape index (κ1) is 28.8. The van der Waals surface area contributed by atoms with Gasteiger partial charge >= 0.3 is 5.97 Å². The van der Waals surface area contributed by atoms with Crippen LogP contribution in [-0.4, -0.2) is 75.7 Å². The number of amides is 3. The number of benzene rings is 1. The van der Waals surface area contributed by atoms with Gasteiger partial charge in [0.25, 0.3) is 0 Å². The number of nitrogens with two attached hydrogens (primary N) is 2. The zero-order valence-electron chi connectivity index (χ0n) is 20.5. The van der Waals surface area contributed by atoms with E-state index in [2.05, 4.69) is 20.9 Å². The summed E-state index contributed by atoms with van der Waals surface area (Å²) in [6, 6.07) is 2.72. The molecule has 0 aliphatic rings. The van der Waals surface area contributed by atoms with E-state index >= 15 is 0 Å². The van der Waals surface area contributed by atoms with Crippen molar-refractivity contribution < 1.29 is 29.4 Å². The second-order valence-electron chi connectivity index (χ2n) is 8.82. The van der Waals surface area contributed by atoms with Gasteiger partial charge in [0.15, 0.2) is 0 Å². The number of nitrogens with one attached hydrogen (secondary N) is 4. The van der Waals surface area contributed by atoms with E-state index in [1.54, 1.807) is 6.20 Å². The summed E-state index contributed by atoms with van der Waals surface area (Å²) < 4.78 is 0. The Morgan fingerprint density at radius 2 is 1.64 bits per heavy atom. The summed E-state index contributed by atoms with van der Waals surface area (Å²) in [5, 5.41) is 28.1. The number of carboxylic acids is 1. The van der Waals surface area contributed by atoms with E-state index in [0.29, 0.717) is 24.9 Å². The van der Waals surface area contributed by atoms with Gasteiger partial charge in [0.1, 0.15) is 18.1 Å². The molecule has 5 unspecified atom stereocenters. The van der Waals surface area contributed by atoms with Gasteiger partial charge in [0.2, 0.25) is 17.7 Å². The Bertz CT molecular complexity index is 1050. The second kappa shape index (κ2) is 13.6. The summed E-state index contributed by atoms with van der Waals surface area (Å²) in [5.41, 5.74) is 12.6. The summed E-state index contributed by atoms with van der Waals surface area (Å²) in [5.74, 6) is -3.39. The quantitative estimate of drug-likeness (QED) is 0.151. The van der Waals surface area contributed by atoms with E-state index in [1.807, 2.05) is 24.3 Å². The van der Waals surface area contributed by atoms with Gasteiger partial charge in [0.05, 0.1) is 12.1 Å². The summed E-state index contributed by atoms with van der Waals surface area (Å²) in [7, 11) is 0. The van der Waals surface area contributed by atoms with Gasteiger partial charge in [-0.05, 0) is 51.3 Å². The van der Waals surface area contributed by atoms with Crippen molar-refractivity contribution in [3.63, 3.8) is 0 Å². The molecule has 0 saturated heterocycles. The highest BCUT2D eigenvalue weighted by molar-refractivity contribution is 5.94. The Morgan fingerprint density at radius 3 is 2.25 bits per heavy atom. The molecule has 0 fully saturated rings. The van der Waals surface area contributed by atoms with Gasteiger partial charge in [-0.3, -0.25) is 14.4 Å². The number of aromatic amines is 1. The number of aliphatic hydroxyl groups is 1. The van der Waals surface area contributed by atoms with Gasteiger partial charge in [-0.2, -0.15) is 0 Å². The first-order chi connectivity index (χ1) is 17.0. The topological polar surface area (TPSA) is 213 Å². The number of hydrogen-bond donors (Lipinski definition) is 8. The van der Waals surface area contributed by atoms with Gasteiger partial charge in [-0.1, -0.05) is 18.2 Å². The number of rotatable bonds is 14. The molecule has 12 heteroatoms.